The van der Waals surface area contributed by atoms with Gasteiger partial charge in [0.25, 0.3) is 0 Å². The van der Waals surface area contributed by atoms with Gasteiger partial charge in [-0.15, -0.1) is 0 Å². The number of likely N-dealkylation sites (N-methyl/N-ethyl adjacent to an activating group) is 1. The SMILES string of the molecule is CCN1CCN(CC(C(=O)NN)c2ccccc2)CC1C. The van der Waals surface area contributed by atoms with E-state index >= 15 is 0 Å². The molecule has 5 heteroatoms. The minimum atomic E-state index is -0.212. The van der Waals surface area contributed by atoms with E-state index in [4.69, 9.17) is 5.84 Å². The lowest BCUT2D eigenvalue weighted by molar-refractivity contribution is -0.123. The molecule has 0 aliphatic carbocycles. The molecule has 0 spiro atoms. The van der Waals surface area contributed by atoms with E-state index in [2.05, 4.69) is 29.1 Å². The number of carbonyl (C=O) groups excluding carboxylic acids is 1. The Bertz CT molecular complexity index is 451. The van der Waals surface area contributed by atoms with Gasteiger partial charge in [-0.3, -0.25) is 20.0 Å². The molecule has 2 atom stereocenters. The van der Waals surface area contributed by atoms with Crippen LogP contribution in [0, 0.1) is 0 Å². The smallest absolute Gasteiger partial charge is 0.242 e. The molecule has 0 bridgehead atoms. The molecule has 1 aromatic carbocycles. The van der Waals surface area contributed by atoms with E-state index < -0.39 is 0 Å². The molecule has 1 saturated heterocycles. The monoisotopic (exact) mass is 290 g/mol. The van der Waals surface area contributed by atoms with Gasteiger partial charge in [0.15, 0.2) is 0 Å². The van der Waals surface area contributed by atoms with Crippen LogP contribution in [0.5, 0.6) is 0 Å². The molecule has 2 rings (SSSR count). The van der Waals surface area contributed by atoms with Gasteiger partial charge in [-0.1, -0.05) is 37.3 Å². The third kappa shape index (κ3) is 4.03. The highest BCUT2D eigenvalue weighted by molar-refractivity contribution is 5.83. The van der Waals surface area contributed by atoms with Gasteiger partial charge >= 0.3 is 0 Å². The largest absolute Gasteiger partial charge is 0.299 e. The lowest BCUT2D eigenvalue weighted by atomic mass is 9.97. The van der Waals surface area contributed by atoms with Crippen LogP contribution in [0.2, 0.25) is 0 Å². The zero-order valence-electron chi connectivity index (χ0n) is 13.0. The van der Waals surface area contributed by atoms with Crippen LogP contribution in [0.15, 0.2) is 30.3 Å². The van der Waals surface area contributed by atoms with E-state index in [9.17, 15) is 4.79 Å². The summed E-state index contributed by atoms with van der Waals surface area (Å²) in [5.41, 5.74) is 3.33. The van der Waals surface area contributed by atoms with E-state index in [1.165, 1.54) is 0 Å². The number of hydrogen-bond acceptors (Lipinski definition) is 4. The van der Waals surface area contributed by atoms with Crippen LogP contribution in [0.3, 0.4) is 0 Å². The fourth-order valence-corrected chi connectivity index (χ4v) is 3.09. The normalized spacial score (nSPS) is 22.0. The first-order chi connectivity index (χ1) is 10.2. The summed E-state index contributed by atoms with van der Waals surface area (Å²) < 4.78 is 0. The summed E-state index contributed by atoms with van der Waals surface area (Å²) in [5, 5.41) is 0. The Morgan fingerprint density at radius 2 is 2.10 bits per heavy atom. The molecule has 21 heavy (non-hydrogen) atoms. The molecule has 0 aromatic heterocycles. The van der Waals surface area contributed by atoms with E-state index in [0.717, 1.165) is 38.3 Å². The maximum absolute atomic E-state index is 12.1. The summed E-state index contributed by atoms with van der Waals surface area (Å²) in [6.45, 7) is 9.30. The van der Waals surface area contributed by atoms with E-state index in [1.54, 1.807) is 0 Å². The molecule has 1 heterocycles. The van der Waals surface area contributed by atoms with Gasteiger partial charge in [-0.05, 0) is 19.0 Å². The molecular formula is C16H26N4O. The zero-order valence-corrected chi connectivity index (χ0v) is 13.0. The van der Waals surface area contributed by atoms with Crippen molar-refractivity contribution in [2.75, 3.05) is 32.7 Å². The molecule has 0 saturated carbocycles. The van der Waals surface area contributed by atoms with Crippen LogP contribution in [-0.2, 0) is 4.79 Å². The molecule has 1 aliphatic rings. The Balaban J connectivity index is 2.05. The Hall–Kier alpha value is -1.43. The highest BCUT2D eigenvalue weighted by Gasteiger charge is 2.27. The number of rotatable bonds is 5. The maximum Gasteiger partial charge on any atom is 0.242 e. The minimum Gasteiger partial charge on any atom is -0.299 e. The fourth-order valence-electron chi connectivity index (χ4n) is 3.09. The number of nitrogens with two attached hydrogens (primary N) is 1. The molecular weight excluding hydrogens is 264 g/mol. The second kappa shape index (κ2) is 7.54. The Labute approximate surface area is 127 Å². The number of hydrazine groups is 1. The predicted molar refractivity (Wildman–Crippen MR) is 84.7 cm³/mol. The van der Waals surface area contributed by atoms with Crippen LogP contribution in [-0.4, -0.2) is 54.5 Å². The molecule has 5 nitrogen and oxygen atoms in total. The standard InChI is InChI=1S/C16H26N4O/c1-3-20-10-9-19(11-13(20)2)12-15(16(21)18-17)14-7-5-4-6-8-14/h4-8,13,15H,3,9-12,17H2,1-2H3,(H,18,21). The van der Waals surface area contributed by atoms with Crippen LogP contribution in [0.25, 0.3) is 0 Å². The van der Waals surface area contributed by atoms with Crippen molar-refractivity contribution in [3.8, 4) is 0 Å². The summed E-state index contributed by atoms with van der Waals surface area (Å²) in [4.78, 5) is 16.9. The second-order valence-electron chi connectivity index (χ2n) is 5.71. The predicted octanol–water partition coefficient (Wildman–Crippen LogP) is 0.786. The first kappa shape index (κ1) is 15.9. The van der Waals surface area contributed by atoms with Gasteiger partial charge in [-0.25, -0.2) is 5.84 Å². The lowest BCUT2D eigenvalue weighted by Crippen LogP contribution is -2.53. The number of nitrogens with one attached hydrogen (secondary N) is 1. The third-order valence-electron chi connectivity index (χ3n) is 4.36. The van der Waals surface area contributed by atoms with Gasteiger partial charge in [0.05, 0.1) is 5.92 Å². The van der Waals surface area contributed by atoms with Gasteiger partial charge < -0.3 is 0 Å². The van der Waals surface area contributed by atoms with Crippen molar-refractivity contribution in [1.29, 1.82) is 0 Å². The number of hydrogen-bond donors (Lipinski definition) is 2. The minimum absolute atomic E-state index is 0.119. The molecule has 1 aromatic rings. The third-order valence-corrected chi connectivity index (χ3v) is 4.36. The molecule has 3 N–H and O–H groups in total. The molecule has 1 aliphatic heterocycles. The van der Waals surface area contributed by atoms with Crippen LogP contribution in [0.1, 0.15) is 25.3 Å². The molecule has 116 valence electrons. The van der Waals surface area contributed by atoms with Crippen molar-refractivity contribution in [3.05, 3.63) is 35.9 Å². The number of nitrogens with zero attached hydrogens (tertiary/aromatic N) is 2. The lowest BCUT2D eigenvalue weighted by Gasteiger charge is -2.40. The van der Waals surface area contributed by atoms with Gasteiger partial charge in [0.2, 0.25) is 5.91 Å². The van der Waals surface area contributed by atoms with Crippen molar-refractivity contribution >= 4 is 5.91 Å². The Morgan fingerprint density at radius 1 is 1.38 bits per heavy atom. The van der Waals surface area contributed by atoms with Crippen molar-refractivity contribution in [3.63, 3.8) is 0 Å². The molecule has 0 radical (unpaired) electrons. The summed E-state index contributed by atoms with van der Waals surface area (Å²) in [6, 6.07) is 10.4. The van der Waals surface area contributed by atoms with Crippen LogP contribution >= 0.6 is 0 Å². The highest BCUT2D eigenvalue weighted by Crippen LogP contribution is 2.19. The summed E-state index contributed by atoms with van der Waals surface area (Å²) in [6.07, 6.45) is 0. The Kier molecular flexibility index (Phi) is 5.73. The van der Waals surface area contributed by atoms with E-state index in [-0.39, 0.29) is 11.8 Å². The second-order valence-corrected chi connectivity index (χ2v) is 5.71. The first-order valence-electron chi connectivity index (χ1n) is 7.67. The highest BCUT2D eigenvalue weighted by atomic mass is 16.2. The van der Waals surface area contributed by atoms with E-state index in [1.807, 2.05) is 30.3 Å². The fraction of sp³-hybridized carbons (Fsp3) is 0.562. The number of piperazine rings is 1. The zero-order chi connectivity index (χ0) is 15.2. The van der Waals surface area contributed by atoms with Crippen molar-refractivity contribution in [1.82, 2.24) is 15.2 Å². The average Bonchev–Trinajstić information content (AvgIpc) is 2.53. The summed E-state index contributed by atoms with van der Waals surface area (Å²) in [7, 11) is 0. The Morgan fingerprint density at radius 3 is 2.67 bits per heavy atom. The van der Waals surface area contributed by atoms with Gasteiger partial charge in [0, 0.05) is 32.2 Å². The average molecular weight is 290 g/mol. The van der Waals surface area contributed by atoms with E-state index in [0.29, 0.717) is 6.04 Å². The van der Waals surface area contributed by atoms with Crippen molar-refractivity contribution in [2.45, 2.75) is 25.8 Å². The molecule has 2 unspecified atom stereocenters. The summed E-state index contributed by atoms with van der Waals surface area (Å²) >= 11 is 0. The quantitative estimate of drug-likeness (QED) is 0.478. The van der Waals surface area contributed by atoms with Crippen molar-refractivity contribution in [2.24, 2.45) is 5.84 Å². The molecule has 1 fully saturated rings. The number of benzene rings is 1. The summed E-state index contributed by atoms with van der Waals surface area (Å²) in [5.74, 6) is 5.03. The van der Waals surface area contributed by atoms with Gasteiger partial charge in [-0.2, -0.15) is 0 Å². The number of carbonyl (C=O) groups is 1. The van der Waals surface area contributed by atoms with Crippen LogP contribution in [0.4, 0.5) is 0 Å². The van der Waals surface area contributed by atoms with Crippen LogP contribution < -0.4 is 11.3 Å². The first-order valence-corrected chi connectivity index (χ1v) is 7.67. The maximum atomic E-state index is 12.1. The molecule has 1 amide bonds. The van der Waals surface area contributed by atoms with Crippen molar-refractivity contribution < 1.29 is 4.79 Å². The number of amides is 1. The van der Waals surface area contributed by atoms with Gasteiger partial charge in [0.1, 0.15) is 0 Å². The topological polar surface area (TPSA) is 61.6 Å².